The third-order valence-electron chi connectivity index (χ3n) is 4.49. The third kappa shape index (κ3) is 4.52. The van der Waals surface area contributed by atoms with Gasteiger partial charge in [-0.2, -0.15) is 0 Å². The second-order valence-corrected chi connectivity index (χ2v) is 6.88. The predicted octanol–water partition coefficient (Wildman–Crippen LogP) is 2.31. The molecule has 7 heteroatoms. The zero-order valence-electron chi connectivity index (χ0n) is 15.3. The maximum atomic E-state index is 12.8. The highest BCUT2D eigenvalue weighted by atomic mass is 35.5. The number of carbonyl (C=O) groups excluding carboxylic acids is 2. The summed E-state index contributed by atoms with van der Waals surface area (Å²) in [5.41, 5.74) is 1.81. The van der Waals surface area contributed by atoms with Crippen molar-refractivity contribution in [1.29, 1.82) is 0 Å². The van der Waals surface area contributed by atoms with Crippen molar-refractivity contribution in [3.8, 4) is 5.75 Å². The van der Waals surface area contributed by atoms with Gasteiger partial charge in [-0.05, 0) is 29.8 Å². The van der Waals surface area contributed by atoms with Crippen LogP contribution in [-0.2, 0) is 16.1 Å². The lowest BCUT2D eigenvalue weighted by Gasteiger charge is -2.35. The minimum absolute atomic E-state index is 0.0442. The van der Waals surface area contributed by atoms with Gasteiger partial charge < -0.3 is 19.9 Å². The van der Waals surface area contributed by atoms with Crippen LogP contribution in [-0.4, -0.2) is 50.0 Å². The van der Waals surface area contributed by atoms with Gasteiger partial charge >= 0.3 is 0 Å². The Morgan fingerprint density at radius 2 is 1.93 bits per heavy atom. The van der Waals surface area contributed by atoms with Gasteiger partial charge in [0.15, 0.2) is 6.10 Å². The number of likely N-dealkylation sites (N-methyl/N-ethyl adjacent to an activating group) is 2. The number of nitrogens with zero attached hydrogens (tertiary/aromatic N) is 2. The van der Waals surface area contributed by atoms with Gasteiger partial charge in [0.05, 0.1) is 18.8 Å². The van der Waals surface area contributed by atoms with E-state index < -0.39 is 6.10 Å². The molecule has 2 aromatic rings. The van der Waals surface area contributed by atoms with Crippen molar-refractivity contribution in [2.24, 2.45) is 0 Å². The number of para-hydroxylation sites is 2. The smallest absolute Gasteiger partial charge is 0.262 e. The van der Waals surface area contributed by atoms with E-state index in [1.165, 1.54) is 0 Å². The maximum absolute atomic E-state index is 12.8. The van der Waals surface area contributed by atoms with E-state index in [2.05, 4.69) is 5.32 Å². The molecule has 0 aliphatic carbocycles. The van der Waals surface area contributed by atoms with Gasteiger partial charge in [0.2, 0.25) is 5.91 Å². The Hall–Kier alpha value is -2.73. The largest absolute Gasteiger partial charge is 0.477 e. The lowest BCUT2D eigenvalue weighted by molar-refractivity contribution is -0.130. The van der Waals surface area contributed by atoms with Crippen LogP contribution in [0, 0.1) is 0 Å². The first kappa shape index (κ1) is 19.0. The van der Waals surface area contributed by atoms with Gasteiger partial charge in [-0.25, -0.2) is 0 Å². The highest BCUT2D eigenvalue weighted by molar-refractivity contribution is 6.30. The lowest BCUT2D eigenvalue weighted by Crippen LogP contribution is -2.50. The fraction of sp³-hybridized carbons (Fsp3) is 0.300. The molecule has 27 heavy (non-hydrogen) atoms. The molecule has 3 rings (SSSR count). The van der Waals surface area contributed by atoms with Gasteiger partial charge in [-0.1, -0.05) is 35.9 Å². The van der Waals surface area contributed by atoms with E-state index in [0.29, 0.717) is 23.9 Å². The second-order valence-electron chi connectivity index (χ2n) is 6.45. The molecule has 0 bridgehead atoms. The Morgan fingerprint density at radius 3 is 2.63 bits per heavy atom. The molecule has 0 fully saturated rings. The molecule has 2 amide bonds. The minimum atomic E-state index is -0.653. The molecule has 1 N–H and O–H groups in total. The van der Waals surface area contributed by atoms with Crippen molar-refractivity contribution in [3.05, 3.63) is 59.1 Å². The molecule has 2 aromatic carbocycles. The Morgan fingerprint density at radius 1 is 1.22 bits per heavy atom. The Bertz CT molecular complexity index is 825. The summed E-state index contributed by atoms with van der Waals surface area (Å²) in [6.07, 6.45) is -0.653. The number of hydrogen-bond donors (Lipinski definition) is 1. The van der Waals surface area contributed by atoms with E-state index in [-0.39, 0.29) is 18.4 Å². The van der Waals surface area contributed by atoms with Crippen LogP contribution in [0.4, 0.5) is 5.69 Å². The first-order valence-electron chi connectivity index (χ1n) is 8.68. The summed E-state index contributed by atoms with van der Waals surface area (Å²) in [6.45, 7) is 0.968. The highest BCUT2D eigenvalue weighted by Gasteiger charge is 2.31. The first-order valence-corrected chi connectivity index (χ1v) is 9.06. The minimum Gasteiger partial charge on any atom is -0.477 e. The van der Waals surface area contributed by atoms with Crippen molar-refractivity contribution in [1.82, 2.24) is 10.2 Å². The summed E-state index contributed by atoms with van der Waals surface area (Å²) in [4.78, 5) is 28.3. The molecule has 0 radical (unpaired) electrons. The fourth-order valence-electron chi connectivity index (χ4n) is 2.99. The molecule has 0 saturated carbocycles. The number of amides is 2. The number of rotatable bonds is 5. The van der Waals surface area contributed by atoms with Gasteiger partial charge in [0, 0.05) is 25.7 Å². The molecular weight excluding hydrogens is 366 g/mol. The van der Waals surface area contributed by atoms with E-state index in [0.717, 1.165) is 11.3 Å². The average molecular weight is 388 g/mol. The Labute approximate surface area is 163 Å². The number of benzene rings is 2. The normalized spacial score (nSPS) is 15.5. The molecule has 6 nitrogen and oxygen atoms in total. The van der Waals surface area contributed by atoms with Crippen LogP contribution in [0.2, 0.25) is 5.02 Å². The average Bonchev–Trinajstić information content (AvgIpc) is 2.68. The zero-order valence-corrected chi connectivity index (χ0v) is 16.1. The van der Waals surface area contributed by atoms with Gasteiger partial charge in [0.1, 0.15) is 5.75 Å². The molecular formula is C20H22ClN3O3. The summed E-state index contributed by atoms with van der Waals surface area (Å²) in [7, 11) is 3.33. The lowest BCUT2D eigenvalue weighted by atomic mass is 10.1. The van der Waals surface area contributed by atoms with Crippen LogP contribution < -0.4 is 15.0 Å². The summed E-state index contributed by atoms with van der Waals surface area (Å²) in [5, 5.41) is 3.27. The summed E-state index contributed by atoms with van der Waals surface area (Å²) in [5.74, 6) is 0.347. The number of ether oxygens (including phenoxy) is 1. The fourth-order valence-corrected chi connectivity index (χ4v) is 3.12. The van der Waals surface area contributed by atoms with Crippen molar-refractivity contribution in [3.63, 3.8) is 0 Å². The topological polar surface area (TPSA) is 61.9 Å². The third-order valence-corrected chi connectivity index (χ3v) is 4.74. The summed E-state index contributed by atoms with van der Waals surface area (Å²) in [6, 6.07) is 14.8. The van der Waals surface area contributed by atoms with E-state index in [9.17, 15) is 9.59 Å². The van der Waals surface area contributed by atoms with Gasteiger partial charge in [-0.15, -0.1) is 0 Å². The number of hydrogen-bond acceptors (Lipinski definition) is 4. The van der Waals surface area contributed by atoms with Crippen molar-refractivity contribution >= 4 is 29.1 Å². The number of nitrogens with one attached hydrogen (secondary N) is 1. The second kappa shape index (κ2) is 8.31. The number of halogens is 1. The van der Waals surface area contributed by atoms with Crippen molar-refractivity contribution in [2.75, 3.05) is 32.1 Å². The van der Waals surface area contributed by atoms with Crippen LogP contribution >= 0.6 is 11.6 Å². The van der Waals surface area contributed by atoms with Crippen LogP contribution in [0.1, 0.15) is 5.56 Å². The van der Waals surface area contributed by atoms with Crippen LogP contribution in [0.25, 0.3) is 0 Å². The summed E-state index contributed by atoms with van der Waals surface area (Å²) >= 11 is 5.91. The Kier molecular flexibility index (Phi) is 5.86. The monoisotopic (exact) mass is 387 g/mol. The van der Waals surface area contributed by atoms with E-state index >= 15 is 0 Å². The summed E-state index contributed by atoms with van der Waals surface area (Å²) < 4.78 is 5.77. The van der Waals surface area contributed by atoms with Crippen LogP contribution in [0.5, 0.6) is 5.75 Å². The molecule has 0 aromatic heterocycles. The zero-order chi connectivity index (χ0) is 19.4. The predicted molar refractivity (Wildman–Crippen MR) is 105 cm³/mol. The molecule has 1 aliphatic heterocycles. The molecule has 0 spiro atoms. The quantitative estimate of drug-likeness (QED) is 0.855. The first-order chi connectivity index (χ1) is 13.0. The molecule has 1 heterocycles. The molecule has 0 unspecified atom stereocenters. The van der Waals surface area contributed by atoms with Crippen molar-refractivity contribution in [2.45, 2.75) is 12.6 Å². The number of anilines is 1. The molecule has 1 atom stereocenters. The number of carbonyl (C=O) groups is 2. The molecule has 142 valence electrons. The van der Waals surface area contributed by atoms with E-state index in [1.807, 2.05) is 35.2 Å². The van der Waals surface area contributed by atoms with E-state index in [4.69, 9.17) is 16.3 Å². The maximum Gasteiger partial charge on any atom is 0.262 e. The van der Waals surface area contributed by atoms with Gasteiger partial charge in [-0.3, -0.25) is 9.59 Å². The molecule has 0 saturated heterocycles. The standard InChI is InChI=1S/C20H22ClN3O3/c1-22-20(26)18-12-24(16-5-3-4-6-17(16)27-18)13-19(25)23(2)11-14-7-9-15(21)10-8-14/h3-10,18H,11-13H2,1-2H3,(H,22,26)/t18-/m1/s1. The number of fused-ring (bicyclic) bond motifs is 1. The SMILES string of the molecule is CNC(=O)[C@H]1CN(CC(=O)N(C)Cc2ccc(Cl)cc2)c2ccccc2O1. The van der Waals surface area contributed by atoms with Crippen molar-refractivity contribution < 1.29 is 14.3 Å². The van der Waals surface area contributed by atoms with Crippen LogP contribution in [0.15, 0.2) is 48.5 Å². The van der Waals surface area contributed by atoms with Crippen LogP contribution in [0.3, 0.4) is 0 Å². The highest BCUT2D eigenvalue weighted by Crippen LogP contribution is 2.33. The molecule has 1 aliphatic rings. The van der Waals surface area contributed by atoms with E-state index in [1.54, 1.807) is 37.2 Å². The Balaban J connectivity index is 1.71. The van der Waals surface area contributed by atoms with Gasteiger partial charge in [0.25, 0.3) is 5.91 Å².